The molecule has 100 heavy (non-hydrogen) atoms. The Balaban J connectivity index is 5.22. The van der Waals surface area contributed by atoms with E-state index in [1.165, 1.54) is 244 Å². The molecule has 0 fully saturated rings. The molecule has 0 saturated heterocycles. The molecule has 0 aromatic carbocycles. The monoisotopic (exact) mass is 1470 g/mol. The first-order valence-corrected chi connectivity index (χ1v) is 45.0. The third-order valence-electron chi connectivity index (χ3n) is 19.0. The molecule has 0 aliphatic rings. The first-order chi connectivity index (χ1) is 48.4. The third kappa shape index (κ3) is 74.3. The van der Waals surface area contributed by atoms with Crippen LogP contribution >= 0.6 is 15.6 Å². The number of ether oxygens (including phenoxy) is 4. The lowest BCUT2D eigenvalue weighted by atomic mass is 10.0. The molecule has 2 unspecified atom stereocenters. The Hall–Kier alpha value is -1.94. The number of hydrogen-bond donors (Lipinski definition) is 3. The number of aliphatic hydroxyl groups excluding tert-OH is 1. The molecule has 5 atom stereocenters. The van der Waals surface area contributed by atoms with Crippen LogP contribution in [0.25, 0.3) is 0 Å². The van der Waals surface area contributed by atoms with Crippen LogP contribution in [0.1, 0.15) is 427 Å². The number of rotatable bonds is 80. The van der Waals surface area contributed by atoms with Crippen LogP contribution in [-0.4, -0.2) is 96.7 Å². The van der Waals surface area contributed by atoms with E-state index in [-0.39, 0.29) is 25.7 Å². The normalized spacial score (nSPS) is 13.9. The van der Waals surface area contributed by atoms with Crippen LogP contribution in [0, 0.1) is 11.8 Å². The molecular formula is C81H158O17P2. The van der Waals surface area contributed by atoms with Crippen molar-refractivity contribution in [3.63, 3.8) is 0 Å². The summed E-state index contributed by atoms with van der Waals surface area (Å²) in [6.45, 7) is 9.69. The van der Waals surface area contributed by atoms with E-state index < -0.39 is 97.5 Å². The average Bonchev–Trinajstić information content (AvgIpc) is 1.44. The summed E-state index contributed by atoms with van der Waals surface area (Å²) in [5.41, 5.74) is 0. The smallest absolute Gasteiger partial charge is 0.462 e. The number of hydrogen-bond acceptors (Lipinski definition) is 15. The van der Waals surface area contributed by atoms with E-state index in [2.05, 4.69) is 41.5 Å². The van der Waals surface area contributed by atoms with E-state index in [0.29, 0.717) is 25.7 Å². The fourth-order valence-electron chi connectivity index (χ4n) is 12.5. The highest BCUT2D eigenvalue weighted by Crippen LogP contribution is 2.45. The van der Waals surface area contributed by atoms with E-state index in [0.717, 1.165) is 102 Å². The maximum Gasteiger partial charge on any atom is 0.472 e. The molecule has 0 bridgehead atoms. The van der Waals surface area contributed by atoms with E-state index in [1.54, 1.807) is 0 Å². The molecule has 594 valence electrons. The molecule has 0 saturated carbocycles. The summed E-state index contributed by atoms with van der Waals surface area (Å²) in [5, 5.41) is 10.6. The second-order valence-corrected chi connectivity index (χ2v) is 33.0. The molecule has 0 amide bonds. The van der Waals surface area contributed by atoms with Gasteiger partial charge in [-0.3, -0.25) is 37.3 Å². The van der Waals surface area contributed by atoms with Crippen molar-refractivity contribution >= 4 is 39.5 Å². The standard InChI is InChI=1S/C81H158O17P2/c1-7-9-11-13-15-17-19-34-41-47-53-59-65-80(85)97-76(69-91-78(83)63-57-51-45-39-31-18-16-14-12-10-8-2)71-95-99(87,88)93-67-75(82)68-94-100(89,90)96-72-77(70-92-79(84)64-58-52-46-40-35-30-26-28-33-38-44-50-56-62-74(5)6)98-81(86)66-60-54-48-42-36-29-25-23-21-20-22-24-27-32-37-43-49-55-61-73(3)4/h73-77,82H,7-72H2,1-6H3,(H,87,88)(H,89,90)/t75-,76+,77+/m0/s1. The number of unbranched alkanes of at least 4 members (excludes halogenated alkanes) is 50. The number of phosphoric ester groups is 2. The van der Waals surface area contributed by atoms with Crippen LogP contribution in [-0.2, 0) is 65.4 Å². The first-order valence-electron chi connectivity index (χ1n) is 42.0. The largest absolute Gasteiger partial charge is 0.472 e. The van der Waals surface area contributed by atoms with Crippen molar-refractivity contribution in [2.24, 2.45) is 11.8 Å². The lowest BCUT2D eigenvalue weighted by Gasteiger charge is -2.21. The molecule has 17 nitrogen and oxygen atoms in total. The Morgan fingerprint density at radius 3 is 0.680 bits per heavy atom. The number of phosphoric acid groups is 2. The van der Waals surface area contributed by atoms with E-state index in [9.17, 15) is 43.2 Å². The fraction of sp³-hybridized carbons (Fsp3) is 0.951. The molecule has 0 aliphatic heterocycles. The zero-order chi connectivity index (χ0) is 73.5. The maximum absolute atomic E-state index is 13.1. The lowest BCUT2D eigenvalue weighted by molar-refractivity contribution is -0.161. The highest BCUT2D eigenvalue weighted by molar-refractivity contribution is 7.47. The first kappa shape index (κ1) is 98.1. The van der Waals surface area contributed by atoms with Crippen molar-refractivity contribution < 1.29 is 80.2 Å². The van der Waals surface area contributed by atoms with Gasteiger partial charge in [0.05, 0.1) is 26.4 Å². The van der Waals surface area contributed by atoms with Crippen LogP contribution in [0.15, 0.2) is 0 Å². The highest BCUT2D eigenvalue weighted by atomic mass is 31.2. The quantitative estimate of drug-likeness (QED) is 0.0222. The molecule has 0 radical (unpaired) electrons. The van der Waals surface area contributed by atoms with Gasteiger partial charge in [-0.05, 0) is 37.5 Å². The molecule has 0 spiro atoms. The Kier molecular flexibility index (Phi) is 71.2. The predicted octanol–water partition coefficient (Wildman–Crippen LogP) is 24.3. The number of aliphatic hydroxyl groups is 1. The predicted molar refractivity (Wildman–Crippen MR) is 409 cm³/mol. The number of carbonyl (C=O) groups excluding carboxylic acids is 4. The SMILES string of the molecule is CCCCCCCCCCCCCCC(=O)O[C@H](COC(=O)CCCCCCCCCCCCC)COP(=O)(O)OC[C@H](O)COP(=O)(O)OC[C@@H](COC(=O)CCCCCCCCCCCCCCCC(C)C)OC(=O)CCCCCCCCCCCCCCCCCCCCC(C)C. The summed E-state index contributed by atoms with van der Waals surface area (Å²) >= 11 is 0. The molecule has 0 aliphatic carbocycles. The highest BCUT2D eigenvalue weighted by Gasteiger charge is 2.30. The summed E-state index contributed by atoms with van der Waals surface area (Å²) in [6, 6.07) is 0. The fourth-order valence-corrected chi connectivity index (χ4v) is 14.1. The Morgan fingerprint density at radius 1 is 0.270 bits per heavy atom. The van der Waals surface area contributed by atoms with Gasteiger partial charge in [0.15, 0.2) is 12.2 Å². The number of carbonyl (C=O) groups is 4. The van der Waals surface area contributed by atoms with Crippen molar-refractivity contribution in [3.05, 3.63) is 0 Å². The third-order valence-corrected chi connectivity index (χ3v) is 20.9. The second kappa shape index (κ2) is 72.6. The van der Waals surface area contributed by atoms with Gasteiger partial charge in [0.25, 0.3) is 0 Å². The second-order valence-electron chi connectivity index (χ2n) is 30.1. The summed E-state index contributed by atoms with van der Waals surface area (Å²) < 4.78 is 68.7. The van der Waals surface area contributed by atoms with E-state index in [4.69, 9.17) is 37.0 Å². The minimum Gasteiger partial charge on any atom is -0.462 e. The van der Waals surface area contributed by atoms with E-state index >= 15 is 0 Å². The number of esters is 4. The van der Waals surface area contributed by atoms with Crippen molar-refractivity contribution in [2.75, 3.05) is 39.6 Å². The zero-order valence-corrected chi connectivity index (χ0v) is 67.3. The van der Waals surface area contributed by atoms with Gasteiger partial charge in [-0.1, -0.05) is 375 Å². The van der Waals surface area contributed by atoms with Crippen LogP contribution in [0.5, 0.6) is 0 Å². The Labute approximate surface area is 613 Å². The van der Waals surface area contributed by atoms with Gasteiger partial charge in [-0.2, -0.15) is 0 Å². The maximum atomic E-state index is 13.1. The van der Waals surface area contributed by atoms with Gasteiger partial charge in [-0.25, -0.2) is 9.13 Å². The molecule has 3 N–H and O–H groups in total. The summed E-state index contributed by atoms with van der Waals surface area (Å²) in [7, 11) is -9.92. The molecule has 0 heterocycles. The lowest BCUT2D eigenvalue weighted by Crippen LogP contribution is -2.30. The van der Waals surface area contributed by atoms with E-state index in [1.807, 2.05) is 0 Å². The van der Waals surface area contributed by atoms with Crippen molar-refractivity contribution in [2.45, 2.75) is 445 Å². The molecule has 0 aromatic rings. The van der Waals surface area contributed by atoms with Crippen LogP contribution < -0.4 is 0 Å². The van der Waals surface area contributed by atoms with Crippen LogP contribution in [0.2, 0.25) is 0 Å². The topological polar surface area (TPSA) is 237 Å². The molecular weight excluding hydrogens is 1310 g/mol. The Bertz CT molecular complexity index is 1920. The van der Waals surface area contributed by atoms with Gasteiger partial charge < -0.3 is 33.8 Å². The summed E-state index contributed by atoms with van der Waals surface area (Å²) in [5.74, 6) is -0.495. The average molecular weight is 1470 g/mol. The van der Waals surface area contributed by atoms with Gasteiger partial charge in [-0.15, -0.1) is 0 Å². The molecule has 19 heteroatoms. The minimum absolute atomic E-state index is 0.108. The van der Waals surface area contributed by atoms with Crippen LogP contribution in [0.4, 0.5) is 0 Å². The molecule has 0 aromatic heterocycles. The van der Waals surface area contributed by atoms with Crippen molar-refractivity contribution in [1.29, 1.82) is 0 Å². The van der Waals surface area contributed by atoms with Crippen LogP contribution in [0.3, 0.4) is 0 Å². The summed E-state index contributed by atoms with van der Waals surface area (Å²) in [6.07, 6.45) is 62.3. The summed E-state index contributed by atoms with van der Waals surface area (Å²) in [4.78, 5) is 73.0. The van der Waals surface area contributed by atoms with Crippen molar-refractivity contribution in [1.82, 2.24) is 0 Å². The van der Waals surface area contributed by atoms with Gasteiger partial charge >= 0.3 is 39.5 Å². The molecule has 0 rings (SSSR count). The van der Waals surface area contributed by atoms with Gasteiger partial charge in [0.2, 0.25) is 0 Å². The van der Waals surface area contributed by atoms with Crippen molar-refractivity contribution in [3.8, 4) is 0 Å². The van der Waals surface area contributed by atoms with Gasteiger partial charge in [0, 0.05) is 25.7 Å². The Morgan fingerprint density at radius 2 is 0.460 bits per heavy atom. The minimum atomic E-state index is -4.96. The zero-order valence-electron chi connectivity index (χ0n) is 65.5. The van der Waals surface area contributed by atoms with Gasteiger partial charge in [0.1, 0.15) is 19.3 Å².